The minimum absolute atomic E-state index is 0.146. The van der Waals surface area contributed by atoms with E-state index in [-0.39, 0.29) is 12.3 Å². The van der Waals surface area contributed by atoms with Gasteiger partial charge in [-0.05, 0) is 31.7 Å². The molecule has 2 aromatic rings. The van der Waals surface area contributed by atoms with Crippen molar-refractivity contribution in [1.29, 1.82) is 0 Å². The molecule has 7 heteroatoms. The number of thiazole rings is 1. The molecule has 1 aromatic heterocycles. The number of carboxylic acid groups (broad SMARTS) is 2. The molecule has 0 saturated carbocycles. The molecule has 1 aromatic carbocycles. The molecule has 0 amide bonds. The summed E-state index contributed by atoms with van der Waals surface area (Å²) >= 11 is 1.41. The molecule has 2 atom stereocenters. The predicted octanol–water partition coefficient (Wildman–Crippen LogP) is 3.44. The van der Waals surface area contributed by atoms with E-state index in [1.807, 2.05) is 19.2 Å². The number of carboxylic acids is 2. The largest absolute Gasteiger partial charge is 0.480 e. The molecule has 0 aliphatic carbocycles. The van der Waals surface area contributed by atoms with Gasteiger partial charge >= 0.3 is 11.9 Å². The Labute approximate surface area is 169 Å². The Hall–Kier alpha value is -2.25. The van der Waals surface area contributed by atoms with Crippen LogP contribution in [0.25, 0.3) is 0 Å². The number of hydrogen-bond donors (Lipinski definition) is 3. The molecule has 0 fully saturated rings. The summed E-state index contributed by atoms with van der Waals surface area (Å²) in [7, 11) is 0. The van der Waals surface area contributed by atoms with Crippen LogP contribution in [0.15, 0.2) is 23.6 Å². The van der Waals surface area contributed by atoms with E-state index in [0.29, 0.717) is 17.8 Å². The Morgan fingerprint density at radius 1 is 1.07 bits per heavy atom. The van der Waals surface area contributed by atoms with Gasteiger partial charge in [-0.1, -0.05) is 43.2 Å². The molecule has 0 aliphatic heterocycles. The van der Waals surface area contributed by atoms with Crippen molar-refractivity contribution in [3.8, 4) is 0 Å². The monoisotopic (exact) mass is 404 g/mol. The lowest BCUT2D eigenvalue weighted by atomic mass is 10.0. The van der Waals surface area contributed by atoms with Crippen LogP contribution in [0.1, 0.15) is 47.7 Å². The van der Waals surface area contributed by atoms with Gasteiger partial charge in [0.05, 0.1) is 10.7 Å². The average molecular weight is 405 g/mol. The zero-order chi connectivity index (χ0) is 20.8. The van der Waals surface area contributed by atoms with E-state index < -0.39 is 24.0 Å². The first-order valence-electron chi connectivity index (χ1n) is 9.36. The van der Waals surface area contributed by atoms with Gasteiger partial charge in [0.1, 0.15) is 12.1 Å². The van der Waals surface area contributed by atoms with Crippen LogP contribution < -0.4 is 5.32 Å². The maximum absolute atomic E-state index is 11.6. The summed E-state index contributed by atoms with van der Waals surface area (Å²) in [5, 5.41) is 24.3. The van der Waals surface area contributed by atoms with Crippen LogP contribution in [0, 0.1) is 19.8 Å². The van der Waals surface area contributed by atoms with Crippen molar-refractivity contribution in [3.63, 3.8) is 0 Å². The third kappa shape index (κ3) is 6.73. The average Bonchev–Trinajstić information content (AvgIpc) is 2.98. The molecule has 152 valence electrons. The zero-order valence-corrected chi connectivity index (χ0v) is 17.5. The summed E-state index contributed by atoms with van der Waals surface area (Å²) in [5.74, 6) is -1.96. The molecule has 0 aliphatic rings. The molecular formula is C21H28N2O4S. The van der Waals surface area contributed by atoms with E-state index in [9.17, 15) is 19.8 Å². The van der Waals surface area contributed by atoms with Gasteiger partial charge in [-0.2, -0.15) is 0 Å². The molecule has 0 bridgehead atoms. The number of benzene rings is 1. The molecule has 0 saturated heterocycles. The summed E-state index contributed by atoms with van der Waals surface area (Å²) in [4.78, 5) is 27.6. The SMILES string of the molecule is Cc1cc(C)cc(Cc2csc(C[C@H](N[C@@H](CC(C)C)C(=O)O)C(=O)O)n2)c1. The standard InChI is InChI=1S/C21H28N2O4S/c1-12(2)5-17(20(24)25)23-18(21(26)27)10-19-22-16(11-28-19)9-15-7-13(3)6-14(4)8-15/h6-8,11-12,17-18,23H,5,9-10H2,1-4H3,(H,24,25)(H,26,27)/t17-,18-/m0/s1. The molecule has 0 unspecified atom stereocenters. The van der Waals surface area contributed by atoms with Gasteiger partial charge in [-0.15, -0.1) is 11.3 Å². The first-order chi connectivity index (χ1) is 13.1. The van der Waals surface area contributed by atoms with E-state index >= 15 is 0 Å². The van der Waals surface area contributed by atoms with E-state index in [0.717, 1.165) is 5.69 Å². The summed E-state index contributed by atoms with van der Waals surface area (Å²) in [6, 6.07) is 4.49. The highest BCUT2D eigenvalue weighted by atomic mass is 32.1. The normalized spacial score (nSPS) is 13.5. The molecular weight excluding hydrogens is 376 g/mol. The van der Waals surface area contributed by atoms with Gasteiger partial charge in [0.2, 0.25) is 0 Å². The lowest BCUT2D eigenvalue weighted by molar-refractivity contribution is -0.142. The van der Waals surface area contributed by atoms with Crippen LogP contribution in [0.4, 0.5) is 0 Å². The highest BCUT2D eigenvalue weighted by molar-refractivity contribution is 7.09. The van der Waals surface area contributed by atoms with Gasteiger partial charge in [-0.3, -0.25) is 14.9 Å². The second-order valence-electron chi connectivity index (χ2n) is 7.69. The van der Waals surface area contributed by atoms with Gasteiger partial charge in [-0.25, -0.2) is 4.98 Å². The molecule has 0 radical (unpaired) electrons. The Kier molecular flexibility index (Phi) is 7.71. The van der Waals surface area contributed by atoms with E-state index in [4.69, 9.17) is 0 Å². The number of nitrogens with zero attached hydrogens (tertiary/aromatic N) is 1. The fourth-order valence-electron chi connectivity index (χ4n) is 3.25. The third-order valence-corrected chi connectivity index (χ3v) is 5.27. The van der Waals surface area contributed by atoms with Crippen molar-refractivity contribution in [2.75, 3.05) is 0 Å². The van der Waals surface area contributed by atoms with Crippen molar-refractivity contribution in [2.24, 2.45) is 5.92 Å². The van der Waals surface area contributed by atoms with Crippen molar-refractivity contribution in [3.05, 3.63) is 51.0 Å². The smallest absolute Gasteiger partial charge is 0.321 e. The van der Waals surface area contributed by atoms with Crippen LogP contribution >= 0.6 is 11.3 Å². The fourth-order valence-corrected chi connectivity index (χ4v) is 4.09. The van der Waals surface area contributed by atoms with Crippen LogP contribution in [0.5, 0.6) is 0 Å². The minimum Gasteiger partial charge on any atom is -0.480 e. The molecule has 3 N–H and O–H groups in total. The van der Waals surface area contributed by atoms with Gasteiger partial charge in [0.15, 0.2) is 0 Å². The second-order valence-corrected chi connectivity index (χ2v) is 8.63. The Bertz CT molecular complexity index is 811. The van der Waals surface area contributed by atoms with Crippen LogP contribution in [0.2, 0.25) is 0 Å². The molecule has 0 spiro atoms. The van der Waals surface area contributed by atoms with E-state index in [1.165, 1.54) is 28.0 Å². The number of aromatic nitrogens is 1. The number of nitrogens with one attached hydrogen (secondary N) is 1. The van der Waals surface area contributed by atoms with Crippen molar-refractivity contribution in [2.45, 2.75) is 59.0 Å². The summed E-state index contributed by atoms with van der Waals surface area (Å²) in [5.41, 5.74) is 4.46. The van der Waals surface area contributed by atoms with Gasteiger partial charge in [0.25, 0.3) is 0 Å². The van der Waals surface area contributed by atoms with Crippen LogP contribution in [-0.2, 0) is 22.4 Å². The summed E-state index contributed by atoms with van der Waals surface area (Å²) in [6.45, 7) is 7.94. The highest BCUT2D eigenvalue weighted by Gasteiger charge is 2.27. The van der Waals surface area contributed by atoms with E-state index in [2.05, 4.69) is 42.3 Å². The van der Waals surface area contributed by atoms with Gasteiger partial charge < -0.3 is 10.2 Å². The lowest BCUT2D eigenvalue weighted by Crippen LogP contribution is -2.48. The Morgan fingerprint density at radius 2 is 1.68 bits per heavy atom. The van der Waals surface area contributed by atoms with Crippen molar-refractivity contribution < 1.29 is 19.8 Å². The third-order valence-electron chi connectivity index (χ3n) is 4.35. The molecule has 1 heterocycles. The van der Waals surface area contributed by atoms with Crippen molar-refractivity contribution in [1.82, 2.24) is 10.3 Å². The quantitative estimate of drug-likeness (QED) is 0.561. The Balaban J connectivity index is 2.07. The number of aliphatic carboxylic acids is 2. The number of hydrogen-bond acceptors (Lipinski definition) is 5. The zero-order valence-electron chi connectivity index (χ0n) is 16.7. The molecule has 6 nitrogen and oxygen atoms in total. The molecule has 2 rings (SSSR count). The first kappa shape index (κ1) is 22.0. The fraction of sp³-hybridized carbons (Fsp3) is 0.476. The Morgan fingerprint density at radius 3 is 2.21 bits per heavy atom. The van der Waals surface area contributed by atoms with Crippen LogP contribution in [0.3, 0.4) is 0 Å². The maximum atomic E-state index is 11.6. The maximum Gasteiger partial charge on any atom is 0.321 e. The van der Waals surface area contributed by atoms with E-state index in [1.54, 1.807) is 0 Å². The van der Waals surface area contributed by atoms with Crippen LogP contribution in [-0.4, -0.2) is 39.2 Å². The molecule has 28 heavy (non-hydrogen) atoms. The number of aryl methyl sites for hydroxylation is 2. The number of rotatable bonds is 10. The van der Waals surface area contributed by atoms with Crippen molar-refractivity contribution >= 4 is 23.3 Å². The topological polar surface area (TPSA) is 99.5 Å². The number of carbonyl (C=O) groups is 2. The first-order valence-corrected chi connectivity index (χ1v) is 10.2. The second kappa shape index (κ2) is 9.80. The summed E-state index contributed by atoms with van der Waals surface area (Å²) in [6.07, 6.45) is 1.22. The lowest BCUT2D eigenvalue weighted by Gasteiger charge is -2.21. The predicted molar refractivity (Wildman–Crippen MR) is 110 cm³/mol. The summed E-state index contributed by atoms with van der Waals surface area (Å²) < 4.78 is 0. The highest BCUT2D eigenvalue weighted by Crippen LogP contribution is 2.18. The minimum atomic E-state index is -1.07. The van der Waals surface area contributed by atoms with Gasteiger partial charge in [0, 0.05) is 18.2 Å².